The molecule has 0 saturated heterocycles. The van der Waals surface area contributed by atoms with E-state index in [-0.39, 0.29) is 0 Å². The van der Waals surface area contributed by atoms with Gasteiger partial charge in [0.1, 0.15) is 0 Å². The number of hydrogen-bond acceptors (Lipinski definition) is 2. The molecule has 0 heterocycles. The van der Waals surface area contributed by atoms with Crippen LogP contribution in [0.5, 0.6) is 0 Å². The van der Waals surface area contributed by atoms with Gasteiger partial charge in [0.15, 0.2) is 0 Å². The molecule has 0 bridgehead atoms. The van der Waals surface area contributed by atoms with Crippen LogP contribution in [0.3, 0.4) is 0 Å². The molecule has 1 atom stereocenters. The largest absolute Gasteiger partial charge is 0.389 e. The summed E-state index contributed by atoms with van der Waals surface area (Å²) >= 11 is 0. The van der Waals surface area contributed by atoms with E-state index in [1.54, 1.807) is 0 Å². The van der Waals surface area contributed by atoms with Gasteiger partial charge in [-0.2, -0.15) is 0 Å². The minimum absolute atomic E-state index is 0.303. The van der Waals surface area contributed by atoms with Crippen molar-refractivity contribution in [3.8, 4) is 0 Å². The van der Waals surface area contributed by atoms with Crippen LogP contribution >= 0.6 is 0 Å². The summed E-state index contributed by atoms with van der Waals surface area (Å²) in [5.74, 6) is 0. The summed E-state index contributed by atoms with van der Waals surface area (Å²) < 4.78 is 0. The van der Waals surface area contributed by atoms with Gasteiger partial charge in [-0.05, 0) is 37.8 Å². The molecule has 1 saturated carbocycles. The Labute approximate surface area is 110 Å². The third kappa shape index (κ3) is 3.33. The van der Waals surface area contributed by atoms with Crippen LogP contribution in [0.4, 0.5) is 0 Å². The van der Waals surface area contributed by atoms with Crippen molar-refractivity contribution in [3.05, 3.63) is 35.4 Å². The topological polar surface area (TPSA) is 32.3 Å². The van der Waals surface area contributed by atoms with Crippen LogP contribution in [-0.2, 0) is 0 Å². The van der Waals surface area contributed by atoms with E-state index in [1.165, 1.54) is 17.5 Å². The summed E-state index contributed by atoms with van der Waals surface area (Å²) in [6.45, 7) is 5.03. The van der Waals surface area contributed by atoms with Crippen molar-refractivity contribution < 1.29 is 5.11 Å². The van der Waals surface area contributed by atoms with E-state index in [0.29, 0.717) is 12.6 Å². The predicted octanol–water partition coefficient (Wildman–Crippen LogP) is 3.34. The molecular weight excluding hydrogens is 222 g/mol. The maximum atomic E-state index is 10.5. The molecule has 2 nitrogen and oxygen atoms in total. The van der Waals surface area contributed by atoms with Crippen LogP contribution < -0.4 is 5.32 Å². The smallest absolute Gasteiger partial charge is 0.0771 e. The molecule has 1 fully saturated rings. The van der Waals surface area contributed by atoms with Crippen molar-refractivity contribution in [2.24, 2.45) is 0 Å². The van der Waals surface area contributed by atoms with Crippen molar-refractivity contribution in [3.63, 3.8) is 0 Å². The highest BCUT2D eigenvalue weighted by molar-refractivity contribution is 5.28. The first kappa shape index (κ1) is 13.6. The molecule has 100 valence electrons. The number of aliphatic hydroxyl groups is 1. The SMILES string of the molecule is Cc1ccccc1[C@H](C)NCC1(O)CCCCC1. The monoisotopic (exact) mass is 247 g/mol. The maximum absolute atomic E-state index is 10.5. The van der Waals surface area contributed by atoms with E-state index in [2.05, 4.69) is 43.4 Å². The number of rotatable bonds is 4. The zero-order valence-electron chi connectivity index (χ0n) is 11.6. The van der Waals surface area contributed by atoms with E-state index in [1.807, 2.05) is 0 Å². The van der Waals surface area contributed by atoms with E-state index in [0.717, 1.165) is 25.7 Å². The highest BCUT2D eigenvalue weighted by Gasteiger charge is 2.29. The van der Waals surface area contributed by atoms with E-state index in [4.69, 9.17) is 0 Å². The highest BCUT2D eigenvalue weighted by atomic mass is 16.3. The van der Waals surface area contributed by atoms with Gasteiger partial charge < -0.3 is 10.4 Å². The van der Waals surface area contributed by atoms with Crippen molar-refractivity contribution in [2.45, 2.75) is 57.6 Å². The minimum atomic E-state index is -0.477. The second-order valence-electron chi connectivity index (χ2n) is 5.74. The predicted molar refractivity (Wildman–Crippen MR) is 75.6 cm³/mol. The highest BCUT2D eigenvalue weighted by Crippen LogP contribution is 2.28. The number of aryl methyl sites for hydroxylation is 1. The number of nitrogens with one attached hydrogen (secondary N) is 1. The third-order valence-electron chi connectivity index (χ3n) is 4.18. The second-order valence-corrected chi connectivity index (χ2v) is 5.74. The molecule has 1 aromatic rings. The average molecular weight is 247 g/mol. The summed E-state index contributed by atoms with van der Waals surface area (Å²) in [6, 6.07) is 8.76. The Hall–Kier alpha value is -0.860. The Balaban J connectivity index is 1.92. The lowest BCUT2D eigenvalue weighted by Gasteiger charge is -2.33. The van der Waals surface area contributed by atoms with Gasteiger partial charge in [-0.15, -0.1) is 0 Å². The van der Waals surface area contributed by atoms with E-state index in [9.17, 15) is 5.11 Å². The maximum Gasteiger partial charge on any atom is 0.0771 e. The molecule has 2 heteroatoms. The van der Waals surface area contributed by atoms with Gasteiger partial charge in [-0.1, -0.05) is 43.5 Å². The standard InChI is InChI=1S/C16H25NO/c1-13-8-4-5-9-15(13)14(2)17-12-16(18)10-6-3-7-11-16/h4-5,8-9,14,17-18H,3,6-7,10-12H2,1-2H3/t14-/m0/s1. The van der Waals surface area contributed by atoms with Crippen LogP contribution in [0.15, 0.2) is 24.3 Å². The van der Waals surface area contributed by atoms with Crippen LogP contribution in [0.25, 0.3) is 0 Å². The van der Waals surface area contributed by atoms with Crippen LogP contribution in [0.2, 0.25) is 0 Å². The quantitative estimate of drug-likeness (QED) is 0.855. The molecule has 2 rings (SSSR count). The lowest BCUT2D eigenvalue weighted by molar-refractivity contribution is 0.00299. The Bertz CT molecular complexity index is 382. The van der Waals surface area contributed by atoms with Crippen molar-refractivity contribution in [1.29, 1.82) is 0 Å². The zero-order chi connectivity index (χ0) is 13.0. The summed E-state index contributed by atoms with van der Waals surface area (Å²) in [5.41, 5.74) is 2.17. The first-order valence-electron chi connectivity index (χ1n) is 7.12. The van der Waals surface area contributed by atoms with Crippen LogP contribution in [0.1, 0.15) is 56.2 Å². The van der Waals surface area contributed by atoms with Crippen molar-refractivity contribution in [2.75, 3.05) is 6.54 Å². The lowest BCUT2D eigenvalue weighted by Crippen LogP contribution is -2.42. The van der Waals surface area contributed by atoms with Gasteiger partial charge in [-0.25, -0.2) is 0 Å². The Morgan fingerprint density at radius 1 is 1.22 bits per heavy atom. The molecule has 1 aliphatic rings. The van der Waals surface area contributed by atoms with Gasteiger partial charge in [-0.3, -0.25) is 0 Å². The molecule has 0 amide bonds. The minimum Gasteiger partial charge on any atom is -0.389 e. The molecule has 2 N–H and O–H groups in total. The molecule has 1 aromatic carbocycles. The number of hydrogen-bond donors (Lipinski definition) is 2. The fourth-order valence-corrected chi connectivity index (χ4v) is 2.91. The molecule has 0 radical (unpaired) electrons. The second kappa shape index (κ2) is 5.85. The molecule has 0 aromatic heterocycles. The van der Waals surface area contributed by atoms with Gasteiger partial charge >= 0.3 is 0 Å². The third-order valence-corrected chi connectivity index (χ3v) is 4.18. The average Bonchev–Trinajstić information content (AvgIpc) is 2.38. The fourth-order valence-electron chi connectivity index (χ4n) is 2.91. The normalized spacial score (nSPS) is 20.6. The van der Waals surface area contributed by atoms with Gasteiger partial charge in [0.25, 0.3) is 0 Å². The molecule has 1 aliphatic carbocycles. The zero-order valence-corrected chi connectivity index (χ0v) is 11.6. The van der Waals surface area contributed by atoms with E-state index < -0.39 is 5.60 Å². The first-order valence-corrected chi connectivity index (χ1v) is 7.12. The van der Waals surface area contributed by atoms with Crippen LogP contribution in [-0.4, -0.2) is 17.3 Å². The van der Waals surface area contributed by atoms with E-state index >= 15 is 0 Å². The summed E-state index contributed by atoms with van der Waals surface area (Å²) in [7, 11) is 0. The Kier molecular flexibility index (Phi) is 4.41. The summed E-state index contributed by atoms with van der Waals surface area (Å²) in [6.07, 6.45) is 5.49. The molecule has 18 heavy (non-hydrogen) atoms. The summed E-state index contributed by atoms with van der Waals surface area (Å²) in [5, 5.41) is 14.0. The molecular formula is C16H25NO. The Morgan fingerprint density at radius 3 is 2.56 bits per heavy atom. The van der Waals surface area contributed by atoms with Crippen molar-refractivity contribution in [1.82, 2.24) is 5.32 Å². The molecule has 0 unspecified atom stereocenters. The van der Waals surface area contributed by atoms with Gasteiger partial charge in [0.2, 0.25) is 0 Å². The molecule has 0 spiro atoms. The summed E-state index contributed by atoms with van der Waals surface area (Å²) in [4.78, 5) is 0. The fraction of sp³-hybridized carbons (Fsp3) is 0.625. The number of benzene rings is 1. The Morgan fingerprint density at radius 2 is 1.89 bits per heavy atom. The molecule has 0 aliphatic heterocycles. The van der Waals surface area contributed by atoms with Gasteiger partial charge in [0.05, 0.1) is 5.60 Å². The first-order chi connectivity index (χ1) is 8.61. The van der Waals surface area contributed by atoms with Crippen molar-refractivity contribution >= 4 is 0 Å². The van der Waals surface area contributed by atoms with Crippen LogP contribution in [0, 0.1) is 6.92 Å². The van der Waals surface area contributed by atoms with Gasteiger partial charge in [0, 0.05) is 12.6 Å². The lowest BCUT2D eigenvalue weighted by atomic mass is 9.84.